The largest absolute Gasteiger partial charge is 0.497 e. The Morgan fingerprint density at radius 3 is 2.37 bits per heavy atom. The standard InChI is InChI=1S/C15H20N2O2/c1-5-6-15(18)17(3)12-11-16(2)13-7-9-14(19-4)10-8-13/h7-10H,11-12H2,1-4H3. The van der Waals surface area contributed by atoms with Gasteiger partial charge in [0.1, 0.15) is 5.75 Å². The smallest absolute Gasteiger partial charge is 0.298 e. The van der Waals surface area contributed by atoms with Gasteiger partial charge in [-0.1, -0.05) is 5.92 Å². The molecule has 0 aromatic heterocycles. The molecule has 0 aliphatic carbocycles. The van der Waals surface area contributed by atoms with Gasteiger partial charge in [0.2, 0.25) is 0 Å². The van der Waals surface area contributed by atoms with Crippen molar-refractivity contribution in [3.63, 3.8) is 0 Å². The minimum absolute atomic E-state index is 0.148. The summed E-state index contributed by atoms with van der Waals surface area (Å²) in [6.07, 6.45) is 0. The first-order valence-electron chi connectivity index (χ1n) is 6.11. The van der Waals surface area contributed by atoms with Crippen molar-refractivity contribution >= 4 is 11.6 Å². The molecule has 0 saturated carbocycles. The molecule has 0 N–H and O–H groups in total. The third kappa shape index (κ3) is 4.55. The summed E-state index contributed by atoms with van der Waals surface area (Å²) in [5.41, 5.74) is 1.09. The van der Waals surface area contributed by atoms with Gasteiger partial charge in [0.25, 0.3) is 5.91 Å². The molecule has 0 atom stereocenters. The highest BCUT2D eigenvalue weighted by Crippen LogP contribution is 2.17. The maximum Gasteiger partial charge on any atom is 0.298 e. The number of hydrogen-bond acceptors (Lipinski definition) is 3. The number of ether oxygens (including phenoxy) is 1. The average Bonchev–Trinajstić information content (AvgIpc) is 2.44. The normalized spacial score (nSPS) is 9.26. The SMILES string of the molecule is CC#CC(=O)N(C)CCN(C)c1ccc(OC)cc1. The molecule has 1 aromatic rings. The van der Waals surface area contributed by atoms with Gasteiger partial charge in [0.05, 0.1) is 7.11 Å². The predicted molar refractivity (Wildman–Crippen MR) is 77.4 cm³/mol. The Morgan fingerprint density at radius 2 is 1.84 bits per heavy atom. The summed E-state index contributed by atoms with van der Waals surface area (Å²) in [6.45, 7) is 3.05. The molecule has 102 valence electrons. The average molecular weight is 260 g/mol. The van der Waals surface area contributed by atoms with Crippen LogP contribution in [0.2, 0.25) is 0 Å². The van der Waals surface area contributed by atoms with E-state index >= 15 is 0 Å². The topological polar surface area (TPSA) is 32.8 Å². The van der Waals surface area contributed by atoms with E-state index in [0.29, 0.717) is 6.54 Å². The highest BCUT2D eigenvalue weighted by atomic mass is 16.5. The van der Waals surface area contributed by atoms with E-state index < -0.39 is 0 Å². The second-order valence-electron chi connectivity index (χ2n) is 4.22. The van der Waals surface area contributed by atoms with Crippen molar-refractivity contribution in [1.82, 2.24) is 4.90 Å². The molecular weight excluding hydrogens is 240 g/mol. The van der Waals surface area contributed by atoms with Crippen LogP contribution in [0.4, 0.5) is 5.69 Å². The lowest BCUT2D eigenvalue weighted by Gasteiger charge is -2.22. The van der Waals surface area contributed by atoms with Crippen LogP contribution in [0.1, 0.15) is 6.92 Å². The van der Waals surface area contributed by atoms with E-state index in [-0.39, 0.29) is 5.91 Å². The first kappa shape index (κ1) is 14.9. The molecule has 0 bridgehead atoms. The van der Waals surface area contributed by atoms with Gasteiger partial charge in [-0.15, -0.1) is 0 Å². The van der Waals surface area contributed by atoms with Crippen molar-refractivity contribution in [3.8, 4) is 17.6 Å². The molecule has 0 fully saturated rings. The lowest BCUT2D eigenvalue weighted by atomic mass is 10.3. The van der Waals surface area contributed by atoms with Gasteiger partial charge in [-0.3, -0.25) is 4.79 Å². The van der Waals surface area contributed by atoms with Crippen molar-refractivity contribution in [2.75, 3.05) is 39.2 Å². The molecule has 0 saturated heterocycles. The summed E-state index contributed by atoms with van der Waals surface area (Å²) in [7, 11) is 5.40. The van der Waals surface area contributed by atoms with Crippen LogP contribution in [0, 0.1) is 11.8 Å². The fourth-order valence-corrected chi connectivity index (χ4v) is 1.57. The first-order valence-corrected chi connectivity index (χ1v) is 6.11. The number of benzene rings is 1. The molecule has 0 radical (unpaired) electrons. The molecule has 0 aliphatic heterocycles. The van der Waals surface area contributed by atoms with Gasteiger partial charge in [-0.05, 0) is 37.1 Å². The van der Waals surface area contributed by atoms with Gasteiger partial charge in [0.15, 0.2) is 0 Å². The molecule has 1 rings (SSSR count). The van der Waals surface area contributed by atoms with Crippen LogP contribution < -0.4 is 9.64 Å². The fourth-order valence-electron chi connectivity index (χ4n) is 1.57. The van der Waals surface area contributed by atoms with Crippen LogP contribution in [0.15, 0.2) is 24.3 Å². The summed E-state index contributed by atoms with van der Waals surface area (Å²) in [5, 5.41) is 0. The molecule has 1 amide bonds. The van der Waals surface area contributed by atoms with E-state index in [1.165, 1.54) is 0 Å². The second-order valence-corrected chi connectivity index (χ2v) is 4.22. The Labute approximate surface area is 115 Å². The van der Waals surface area contributed by atoms with E-state index in [9.17, 15) is 4.79 Å². The Morgan fingerprint density at radius 1 is 1.21 bits per heavy atom. The van der Waals surface area contributed by atoms with Gasteiger partial charge in [-0.2, -0.15) is 0 Å². The number of nitrogens with zero attached hydrogens (tertiary/aromatic N) is 2. The molecule has 0 aliphatic rings. The van der Waals surface area contributed by atoms with Crippen LogP contribution in [0.25, 0.3) is 0 Å². The van der Waals surface area contributed by atoms with E-state index in [4.69, 9.17) is 4.74 Å². The number of rotatable bonds is 5. The van der Waals surface area contributed by atoms with Crippen molar-refractivity contribution < 1.29 is 9.53 Å². The minimum Gasteiger partial charge on any atom is -0.497 e. The van der Waals surface area contributed by atoms with Crippen LogP contribution in [0.5, 0.6) is 5.75 Å². The molecule has 0 spiro atoms. The van der Waals surface area contributed by atoms with Crippen LogP contribution >= 0.6 is 0 Å². The van der Waals surface area contributed by atoms with E-state index in [1.807, 2.05) is 31.3 Å². The number of amides is 1. The van der Waals surface area contributed by atoms with Crippen molar-refractivity contribution in [2.45, 2.75) is 6.92 Å². The van der Waals surface area contributed by atoms with Crippen molar-refractivity contribution in [2.24, 2.45) is 0 Å². The van der Waals surface area contributed by atoms with Crippen molar-refractivity contribution in [1.29, 1.82) is 0 Å². The van der Waals surface area contributed by atoms with Crippen molar-refractivity contribution in [3.05, 3.63) is 24.3 Å². The summed E-state index contributed by atoms with van der Waals surface area (Å²) >= 11 is 0. The predicted octanol–water partition coefficient (Wildman–Crippen LogP) is 1.61. The summed E-state index contributed by atoms with van der Waals surface area (Å²) in [6, 6.07) is 7.82. The number of carbonyl (C=O) groups is 1. The third-order valence-corrected chi connectivity index (χ3v) is 2.86. The molecule has 0 unspecified atom stereocenters. The minimum atomic E-state index is -0.148. The Balaban J connectivity index is 2.51. The first-order chi connectivity index (χ1) is 9.08. The number of anilines is 1. The van der Waals surface area contributed by atoms with Crippen LogP contribution in [-0.4, -0.2) is 45.1 Å². The Bertz CT molecular complexity index is 471. The van der Waals surface area contributed by atoms with Gasteiger partial charge in [0, 0.05) is 32.9 Å². The lowest BCUT2D eigenvalue weighted by molar-refractivity contribution is -0.123. The Hall–Kier alpha value is -2.15. The summed E-state index contributed by atoms with van der Waals surface area (Å²) < 4.78 is 5.12. The molecule has 1 aromatic carbocycles. The molecular formula is C15H20N2O2. The van der Waals surface area contributed by atoms with Crippen LogP contribution in [-0.2, 0) is 4.79 Å². The van der Waals surface area contributed by atoms with Gasteiger partial charge >= 0.3 is 0 Å². The van der Waals surface area contributed by atoms with Gasteiger partial charge < -0.3 is 14.5 Å². The fraction of sp³-hybridized carbons (Fsp3) is 0.400. The maximum absolute atomic E-state index is 11.5. The molecule has 4 nitrogen and oxygen atoms in total. The quantitative estimate of drug-likeness (QED) is 0.754. The number of methoxy groups -OCH3 is 1. The Kier molecular flexibility index (Phi) is 5.74. The second kappa shape index (κ2) is 7.32. The monoisotopic (exact) mass is 260 g/mol. The molecule has 19 heavy (non-hydrogen) atoms. The van der Waals surface area contributed by atoms with Gasteiger partial charge in [-0.25, -0.2) is 0 Å². The highest BCUT2D eigenvalue weighted by Gasteiger charge is 2.07. The summed E-state index contributed by atoms with van der Waals surface area (Å²) in [5.74, 6) is 5.83. The van der Waals surface area contributed by atoms with E-state index in [0.717, 1.165) is 18.0 Å². The zero-order valence-electron chi connectivity index (χ0n) is 11.9. The molecule has 0 heterocycles. The third-order valence-electron chi connectivity index (χ3n) is 2.86. The highest BCUT2D eigenvalue weighted by molar-refractivity contribution is 5.93. The number of carbonyl (C=O) groups excluding carboxylic acids is 1. The van der Waals surface area contributed by atoms with Crippen LogP contribution in [0.3, 0.4) is 0 Å². The number of likely N-dealkylation sites (N-methyl/N-ethyl adjacent to an activating group) is 2. The zero-order chi connectivity index (χ0) is 14.3. The van der Waals surface area contributed by atoms with E-state index in [2.05, 4.69) is 16.7 Å². The summed E-state index contributed by atoms with van der Waals surface area (Å²) in [4.78, 5) is 15.2. The molecule has 4 heteroatoms. The lowest BCUT2D eigenvalue weighted by Crippen LogP contribution is -2.34. The zero-order valence-corrected chi connectivity index (χ0v) is 11.9. The maximum atomic E-state index is 11.5. The van der Waals surface area contributed by atoms with E-state index in [1.54, 1.807) is 26.0 Å². The number of hydrogen-bond donors (Lipinski definition) is 0.